The molecule has 0 aliphatic carbocycles. The summed E-state index contributed by atoms with van der Waals surface area (Å²) in [6.07, 6.45) is 0. The van der Waals surface area contributed by atoms with Gasteiger partial charge in [0.1, 0.15) is 0 Å². The number of benzene rings is 12. The van der Waals surface area contributed by atoms with Gasteiger partial charge in [0.05, 0.1) is 16.7 Å². The molecule has 1 heterocycles. The molecule has 12 aromatic carbocycles. The molecule has 328 valence electrons. The number of anilines is 3. The lowest BCUT2D eigenvalue weighted by atomic mass is 9.94. The zero-order valence-corrected chi connectivity index (χ0v) is 38.5. The summed E-state index contributed by atoms with van der Waals surface area (Å²) in [5, 5.41) is 7.47. The van der Waals surface area contributed by atoms with Crippen molar-refractivity contribution in [3.63, 3.8) is 0 Å². The minimum Gasteiger partial charge on any atom is -0.311 e. The number of fused-ring (bicyclic) bond motifs is 5. The molecule has 0 spiro atoms. The number of nitrogens with zero attached hydrogens (tertiary/aromatic N) is 2. The van der Waals surface area contributed by atoms with E-state index >= 15 is 0 Å². The zero-order valence-electron chi connectivity index (χ0n) is 38.5. The first-order valence-electron chi connectivity index (χ1n) is 24.1. The number of hydrogen-bond donors (Lipinski definition) is 0. The maximum absolute atomic E-state index is 2.48. The molecular formula is C68H46N2. The van der Waals surface area contributed by atoms with E-state index < -0.39 is 0 Å². The van der Waals surface area contributed by atoms with Crippen molar-refractivity contribution >= 4 is 60.4 Å². The van der Waals surface area contributed by atoms with E-state index in [0.717, 1.165) is 33.9 Å². The molecule has 0 fully saturated rings. The molecule has 0 N–H and O–H groups in total. The van der Waals surface area contributed by atoms with Crippen LogP contribution in [0.25, 0.3) is 105 Å². The van der Waals surface area contributed by atoms with Crippen LogP contribution in [0, 0.1) is 0 Å². The van der Waals surface area contributed by atoms with Gasteiger partial charge in [-0.15, -0.1) is 0 Å². The van der Waals surface area contributed by atoms with Crippen molar-refractivity contribution < 1.29 is 0 Å². The van der Waals surface area contributed by atoms with Gasteiger partial charge >= 0.3 is 0 Å². The second-order valence-corrected chi connectivity index (χ2v) is 18.0. The summed E-state index contributed by atoms with van der Waals surface area (Å²) in [4.78, 5) is 2.37. The summed E-state index contributed by atoms with van der Waals surface area (Å²) in [6, 6.07) is 102. The van der Waals surface area contributed by atoms with E-state index in [1.165, 1.54) is 87.9 Å². The summed E-state index contributed by atoms with van der Waals surface area (Å²) in [5.41, 5.74) is 18.7. The van der Waals surface area contributed by atoms with E-state index in [4.69, 9.17) is 0 Å². The molecule has 1 aromatic heterocycles. The first kappa shape index (κ1) is 41.0. The Kier molecular flexibility index (Phi) is 10.2. The van der Waals surface area contributed by atoms with Crippen molar-refractivity contribution in [3.05, 3.63) is 279 Å². The van der Waals surface area contributed by atoms with Crippen LogP contribution >= 0.6 is 0 Å². The van der Waals surface area contributed by atoms with Gasteiger partial charge in [0.25, 0.3) is 0 Å². The monoisotopic (exact) mass is 890 g/mol. The molecule has 0 saturated heterocycles. The highest BCUT2D eigenvalue weighted by atomic mass is 15.1. The highest BCUT2D eigenvalue weighted by molar-refractivity contribution is 6.17. The normalized spacial score (nSPS) is 11.4. The molecule has 0 amide bonds. The van der Waals surface area contributed by atoms with Gasteiger partial charge in [-0.1, -0.05) is 218 Å². The van der Waals surface area contributed by atoms with Crippen molar-refractivity contribution in [2.24, 2.45) is 0 Å². The molecule has 0 saturated carbocycles. The van der Waals surface area contributed by atoms with Gasteiger partial charge in [-0.25, -0.2) is 0 Å². The predicted molar refractivity (Wildman–Crippen MR) is 298 cm³/mol. The van der Waals surface area contributed by atoms with Crippen LogP contribution in [-0.4, -0.2) is 4.57 Å². The summed E-state index contributed by atoms with van der Waals surface area (Å²) >= 11 is 0. The fraction of sp³-hybridized carbons (Fsp3) is 0. The van der Waals surface area contributed by atoms with Gasteiger partial charge < -0.3 is 9.47 Å². The highest BCUT2D eigenvalue weighted by Gasteiger charge is 2.21. The third-order valence-electron chi connectivity index (χ3n) is 14.0. The Morgan fingerprint density at radius 1 is 0.243 bits per heavy atom. The average molecular weight is 891 g/mol. The molecule has 0 radical (unpaired) electrons. The second kappa shape index (κ2) is 17.4. The lowest BCUT2D eigenvalue weighted by molar-refractivity contribution is 1.18. The molecule has 0 atom stereocenters. The van der Waals surface area contributed by atoms with E-state index in [-0.39, 0.29) is 0 Å². The molecule has 13 aromatic rings. The predicted octanol–water partition coefficient (Wildman–Crippen LogP) is 18.9. The SMILES string of the molecule is c1ccc(-c2cc(-c3ccccc3)c3c4ccccc4n(-c4ccccc4-c4ccc(N(c5ccc(-c6cccc7ccccc67)cc5)c5ccc(-c6cccc7ccccc67)cc5)cc4)c3c2)cc1. The van der Waals surface area contributed by atoms with Gasteiger partial charge in [-0.3, -0.25) is 0 Å². The largest absolute Gasteiger partial charge is 0.311 e. The van der Waals surface area contributed by atoms with Gasteiger partial charge in [-0.2, -0.15) is 0 Å². The Bertz CT molecular complexity index is 3890. The van der Waals surface area contributed by atoms with Crippen molar-refractivity contribution in [1.29, 1.82) is 0 Å². The Balaban J connectivity index is 0.938. The Hall–Kier alpha value is -9.24. The number of para-hydroxylation sites is 2. The van der Waals surface area contributed by atoms with E-state index in [9.17, 15) is 0 Å². The molecule has 0 unspecified atom stereocenters. The first-order chi connectivity index (χ1) is 34.7. The van der Waals surface area contributed by atoms with Crippen LogP contribution in [-0.2, 0) is 0 Å². The van der Waals surface area contributed by atoms with Gasteiger partial charge in [0.2, 0.25) is 0 Å². The minimum atomic E-state index is 1.08. The molecule has 70 heavy (non-hydrogen) atoms. The third-order valence-corrected chi connectivity index (χ3v) is 14.0. The van der Waals surface area contributed by atoms with Crippen LogP contribution in [0.1, 0.15) is 0 Å². The maximum Gasteiger partial charge on any atom is 0.0553 e. The smallest absolute Gasteiger partial charge is 0.0553 e. The van der Waals surface area contributed by atoms with Gasteiger partial charge in [0, 0.05) is 33.4 Å². The van der Waals surface area contributed by atoms with Crippen LogP contribution in [0.2, 0.25) is 0 Å². The van der Waals surface area contributed by atoms with E-state index in [2.05, 4.69) is 289 Å². The van der Waals surface area contributed by atoms with Gasteiger partial charge in [0.15, 0.2) is 0 Å². The van der Waals surface area contributed by atoms with E-state index in [0.29, 0.717) is 0 Å². The van der Waals surface area contributed by atoms with Crippen molar-refractivity contribution in [2.45, 2.75) is 0 Å². The second-order valence-electron chi connectivity index (χ2n) is 18.0. The van der Waals surface area contributed by atoms with Crippen LogP contribution in [0.15, 0.2) is 279 Å². The molecule has 2 nitrogen and oxygen atoms in total. The molecule has 13 rings (SSSR count). The Morgan fingerprint density at radius 3 is 1.23 bits per heavy atom. The van der Waals surface area contributed by atoms with E-state index in [1.54, 1.807) is 0 Å². The lowest BCUT2D eigenvalue weighted by Gasteiger charge is -2.26. The Labute approximate surface area is 408 Å². The summed E-state index contributed by atoms with van der Waals surface area (Å²) in [7, 11) is 0. The molecule has 2 heteroatoms. The molecule has 0 aliphatic rings. The topological polar surface area (TPSA) is 8.17 Å². The van der Waals surface area contributed by atoms with Crippen LogP contribution < -0.4 is 4.90 Å². The lowest BCUT2D eigenvalue weighted by Crippen LogP contribution is -2.10. The van der Waals surface area contributed by atoms with Crippen LogP contribution in [0.5, 0.6) is 0 Å². The number of hydrogen-bond acceptors (Lipinski definition) is 1. The fourth-order valence-corrected chi connectivity index (χ4v) is 10.7. The fourth-order valence-electron chi connectivity index (χ4n) is 10.7. The summed E-state index contributed by atoms with van der Waals surface area (Å²) in [5.74, 6) is 0. The van der Waals surface area contributed by atoms with Crippen molar-refractivity contribution in [1.82, 2.24) is 4.57 Å². The van der Waals surface area contributed by atoms with Crippen molar-refractivity contribution in [2.75, 3.05) is 4.90 Å². The standard InChI is InChI=1S/C68H46N2/c1-3-17-47(18-4-1)54-45-64(50-19-5-2-6-20-50)68-63-28-12-14-32-66(63)70(67(68)46-54)65-31-13-11-27-62(65)53-37-43-57(44-38-53)69(55-39-33-51(34-40-55)60-29-15-23-48-21-7-9-25-58(48)60)56-41-35-52(36-42-56)61-30-16-24-49-22-8-10-26-59(49)61/h1-46H. The maximum atomic E-state index is 2.48. The number of aromatic nitrogens is 1. The molecule has 0 aliphatic heterocycles. The van der Waals surface area contributed by atoms with E-state index in [1.807, 2.05) is 0 Å². The van der Waals surface area contributed by atoms with Gasteiger partial charge in [-0.05, 0) is 132 Å². The summed E-state index contributed by atoms with van der Waals surface area (Å²) < 4.78 is 2.48. The Morgan fingerprint density at radius 2 is 0.657 bits per heavy atom. The van der Waals surface area contributed by atoms with Crippen LogP contribution in [0.4, 0.5) is 17.1 Å². The summed E-state index contributed by atoms with van der Waals surface area (Å²) in [6.45, 7) is 0. The quantitative estimate of drug-likeness (QED) is 0.140. The molecule has 0 bridgehead atoms. The minimum absolute atomic E-state index is 1.08. The number of rotatable bonds is 9. The third kappa shape index (κ3) is 7.22. The highest BCUT2D eigenvalue weighted by Crippen LogP contribution is 2.44. The van der Waals surface area contributed by atoms with Crippen LogP contribution in [0.3, 0.4) is 0 Å². The van der Waals surface area contributed by atoms with Crippen molar-refractivity contribution in [3.8, 4) is 61.3 Å². The average Bonchev–Trinajstić information content (AvgIpc) is 3.78. The molecular weight excluding hydrogens is 845 g/mol. The first-order valence-corrected chi connectivity index (χ1v) is 24.1. The zero-order chi connectivity index (χ0) is 46.4.